The van der Waals surface area contributed by atoms with Gasteiger partial charge in [0, 0.05) is 6.04 Å². The third-order valence-electron chi connectivity index (χ3n) is 3.75. The quantitative estimate of drug-likeness (QED) is 0.830. The topological polar surface area (TPSA) is 35.2 Å². The molecule has 0 amide bonds. The molecule has 1 fully saturated rings. The SMILES string of the molecule is Cc1ccccc1OC1CCC(C)(C)C1N. The van der Waals surface area contributed by atoms with E-state index in [9.17, 15) is 0 Å². The Hall–Kier alpha value is -1.02. The maximum Gasteiger partial charge on any atom is 0.122 e. The Kier molecular flexibility index (Phi) is 2.94. The predicted octanol–water partition coefficient (Wildman–Crippen LogP) is 2.89. The van der Waals surface area contributed by atoms with Crippen molar-refractivity contribution >= 4 is 0 Å². The van der Waals surface area contributed by atoms with Crippen LogP contribution in [-0.4, -0.2) is 12.1 Å². The van der Waals surface area contributed by atoms with Gasteiger partial charge in [0.1, 0.15) is 11.9 Å². The number of nitrogens with two attached hydrogens (primary N) is 1. The van der Waals surface area contributed by atoms with E-state index < -0.39 is 0 Å². The van der Waals surface area contributed by atoms with Gasteiger partial charge in [-0.15, -0.1) is 0 Å². The minimum absolute atomic E-state index is 0.132. The highest BCUT2D eigenvalue weighted by Crippen LogP contribution is 2.38. The number of para-hydroxylation sites is 1. The van der Waals surface area contributed by atoms with Crippen LogP contribution in [-0.2, 0) is 0 Å². The molecule has 1 aliphatic carbocycles. The Bertz CT molecular complexity index is 373. The fourth-order valence-electron chi connectivity index (χ4n) is 2.35. The minimum atomic E-state index is 0.132. The fourth-order valence-corrected chi connectivity index (χ4v) is 2.35. The van der Waals surface area contributed by atoms with Gasteiger partial charge in [-0.05, 0) is 36.8 Å². The van der Waals surface area contributed by atoms with Crippen LogP contribution in [0.15, 0.2) is 24.3 Å². The van der Waals surface area contributed by atoms with Crippen LogP contribution < -0.4 is 10.5 Å². The molecule has 0 saturated heterocycles. The molecule has 2 unspecified atom stereocenters. The number of benzene rings is 1. The molecule has 0 radical (unpaired) electrons. The normalized spacial score (nSPS) is 28.0. The molecule has 0 spiro atoms. The molecule has 0 aliphatic heterocycles. The van der Waals surface area contributed by atoms with E-state index in [1.165, 1.54) is 5.56 Å². The van der Waals surface area contributed by atoms with Gasteiger partial charge in [0.2, 0.25) is 0 Å². The second-order valence-electron chi connectivity index (χ2n) is 5.47. The Morgan fingerprint density at radius 2 is 2.00 bits per heavy atom. The molecule has 2 nitrogen and oxygen atoms in total. The van der Waals surface area contributed by atoms with E-state index in [1.807, 2.05) is 18.2 Å². The zero-order chi connectivity index (χ0) is 11.8. The zero-order valence-electron chi connectivity index (χ0n) is 10.4. The van der Waals surface area contributed by atoms with Crippen molar-refractivity contribution in [2.45, 2.75) is 45.8 Å². The van der Waals surface area contributed by atoms with Crippen molar-refractivity contribution in [2.24, 2.45) is 11.1 Å². The molecule has 0 aromatic heterocycles. The maximum absolute atomic E-state index is 6.23. The lowest BCUT2D eigenvalue weighted by molar-refractivity contribution is 0.164. The summed E-state index contributed by atoms with van der Waals surface area (Å²) in [6.07, 6.45) is 2.36. The Morgan fingerprint density at radius 1 is 1.31 bits per heavy atom. The average Bonchev–Trinajstić information content (AvgIpc) is 2.49. The molecule has 2 N–H and O–H groups in total. The van der Waals surface area contributed by atoms with E-state index in [-0.39, 0.29) is 17.6 Å². The van der Waals surface area contributed by atoms with E-state index in [1.54, 1.807) is 0 Å². The first-order valence-corrected chi connectivity index (χ1v) is 5.98. The average molecular weight is 219 g/mol. The van der Waals surface area contributed by atoms with Crippen LogP contribution in [0.2, 0.25) is 0 Å². The highest BCUT2D eigenvalue weighted by molar-refractivity contribution is 5.32. The van der Waals surface area contributed by atoms with Gasteiger partial charge in [-0.3, -0.25) is 0 Å². The van der Waals surface area contributed by atoms with Crippen LogP contribution in [0.5, 0.6) is 5.75 Å². The standard InChI is InChI=1S/C14H21NO/c1-10-6-4-5-7-11(10)16-12-8-9-14(2,3)13(12)15/h4-7,12-13H,8-9,15H2,1-3H3. The molecular weight excluding hydrogens is 198 g/mol. The summed E-state index contributed by atoms with van der Waals surface area (Å²) < 4.78 is 6.03. The number of hydrogen-bond acceptors (Lipinski definition) is 2. The van der Waals surface area contributed by atoms with Crippen LogP contribution in [0.3, 0.4) is 0 Å². The molecule has 2 rings (SSSR count). The van der Waals surface area contributed by atoms with Gasteiger partial charge >= 0.3 is 0 Å². The molecular formula is C14H21NO. The fraction of sp³-hybridized carbons (Fsp3) is 0.571. The van der Waals surface area contributed by atoms with Gasteiger partial charge in [-0.25, -0.2) is 0 Å². The van der Waals surface area contributed by atoms with Gasteiger partial charge in [0.05, 0.1) is 0 Å². The Labute approximate surface area is 97.8 Å². The second-order valence-corrected chi connectivity index (χ2v) is 5.47. The summed E-state index contributed by atoms with van der Waals surface area (Å²) in [7, 11) is 0. The third kappa shape index (κ3) is 2.07. The lowest BCUT2D eigenvalue weighted by Crippen LogP contribution is -2.42. The molecule has 0 heterocycles. The van der Waals surface area contributed by atoms with Crippen molar-refractivity contribution in [1.82, 2.24) is 0 Å². The first-order valence-electron chi connectivity index (χ1n) is 5.98. The molecule has 1 saturated carbocycles. The highest BCUT2D eigenvalue weighted by Gasteiger charge is 2.40. The van der Waals surface area contributed by atoms with Crippen LogP contribution in [0, 0.1) is 12.3 Å². The zero-order valence-corrected chi connectivity index (χ0v) is 10.4. The molecule has 88 valence electrons. The second kappa shape index (κ2) is 4.10. The smallest absolute Gasteiger partial charge is 0.122 e. The molecule has 1 aromatic rings. The highest BCUT2D eigenvalue weighted by atomic mass is 16.5. The van der Waals surface area contributed by atoms with Crippen molar-refractivity contribution in [3.8, 4) is 5.75 Å². The van der Waals surface area contributed by atoms with Crippen molar-refractivity contribution in [3.05, 3.63) is 29.8 Å². The predicted molar refractivity (Wildman–Crippen MR) is 66.6 cm³/mol. The summed E-state index contributed by atoms with van der Waals surface area (Å²) in [5.74, 6) is 0.973. The van der Waals surface area contributed by atoms with Crippen molar-refractivity contribution in [3.63, 3.8) is 0 Å². The summed E-state index contributed by atoms with van der Waals surface area (Å²) in [5.41, 5.74) is 7.61. The number of rotatable bonds is 2. The molecule has 1 aliphatic rings. The summed E-state index contributed by atoms with van der Waals surface area (Å²) in [6, 6.07) is 8.26. The Balaban J connectivity index is 2.10. The van der Waals surface area contributed by atoms with Crippen LogP contribution >= 0.6 is 0 Å². The Morgan fingerprint density at radius 3 is 2.56 bits per heavy atom. The van der Waals surface area contributed by atoms with E-state index in [2.05, 4.69) is 26.8 Å². The van der Waals surface area contributed by atoms with Gasteiger partial charge in [-0.1, -0.05) is 32.0 Å². The maximum atomic E-state index is 6.23. The molecule has 0 bridgehead atoms. The first kappa shape index (κ1) is 11.5. The van der Waals surface area contributed by atoms with E-state index >= 15 is 0 Å². The van der Waals surface area contributed by atoms with Crippen LogP contribution in [0.4, 0.5) is 0 Å². The third-order valence-corrected chi connectivity index (χ3v) is 3.75. The van der Waals surface area contributed by atoms with Crippen LogP contribution in [0.1, 0.15) is 32.3 Å². The van der Waals surface area contributed by atoms with E-state index in [0.717, 1.165) is 18.6 Å². The van der Waals surface area contributed by atoms with Crippen molar-refractivity contribution < 1.29 is 4.74 Å². The summed E-state index contributed by atoms with van der Waals surface area (Å²) in [5, 5.41) is 0. The van der Waals surface area contributed by atoms with E-state index in [4.69, 9.17) is 10.5 Å². The number of ether oxygens (including phenoxy) is 1. The monoisotopic (exact) mass is 219 g/mol. The van der Waals surface area contributed by atoms with Gasteiger partial charge < -0.3 is 10.5 Å². The molecule has 1 aromatic carbocycles. The lowest BCUT2D eigenvalue weighted by Gasteiger charge is -2.27. The largest absolute Gasteiger partial charge is 0.489 e. The molecule has 16 heavy (non-hydrogen) atoms. The van der Waals surface area contributed by atoms with Gasteiger partial charge in [-0.2, -0.15) is 0 Å². The van der Waals surface area contributed by atoms with Crippen molar-refractivity contribution in [1.29, 1.82) is 0 Å². The number of hydrogen-bond donors (Lipinski definition) is 1. The van der Waals surface area contributed by atoms with E-state index in [0.29, 0.717) is 0 Å². The number of aryl methyl sites for hydroxylation is 1. The van der Waals surface area contributed by atoms with Crippen molar-refractivity contribution in [2.75, 3.05) is 0 Å². The lowest BCUT2D eigenvalue weighted by atomic mass is 9.88. The van der Waals surface area contributed by atoms with Gasteiger partial charge in [0.25, 0.3) is 0 Å². The van der Waals surface area contributed by atoms with Gasteiger partial charge in [0.15, 0.2) is 0 Å². The first-order chi connectivity index (χ1) is 7.50. The summed E-state index contributed by atoms with van der Waals surface area (Å²) in [6.45, 7) is 6.51. The van der Waals surface area contributed by atoms with Crippen LogP contribution in [0.25, 0.3) is 0 Å². The summed E-state index contributed by atoms with van der Waals surface area (Å²) >= 11 is 0. The molecule has 2 atom stereocenters. The molecule has 2 heteroatoms. The minimum Gasteiger partial charge on any atom is -0.489 e. The summed E-state index contributed by atoms with van der Waals surface area (Å²) in [4.78, 5) is 0.